The second kappa shape index (κ2) is 6.79. The Morgan fingerprint density at radius 1 is 1.15 bits per heavy atom. The lowest BCUT2D eigenvalue weighted by Crippen LogP contribution is -2.21. The topological polar surface area (TPSA) is 32.3 Å². The lowest BCUT2D eigenvalue weighted by Gasteiger charge is -2.14. The zero-order valence-corrected chi connectivity index (χ0v) is 11.4. The van der Waals surface area contributed by atoms with Crippen LogP contribution in [-0.4, -0.2) is 11.7 Å². The van der Waals surface area contributed by atoms with Crippen LogP contribution in [0.25, 0.3) is 0 Å². The quantitative estimate of drug-likeness (QED) is 0.886. The summed E-state index contributed by atoms with van der Waals surface area (Å²) < 4.78 is 26.1. The van der Waals surface area contributed by atoms with Gasteiger partial charge in [-0.3, -0.25) is 0 Å². The van der Waals surface area contributed by atoms with Crippen molar-refractivity contribution < 1.29 is 13.9 Å². The van der Waals surface area contributed by atoms with Crippen molar-refractivity contribution in [2.75, 3.05) is 6.54 Å². The molecule has 2 aromatic carbocycles. The zero-order valence-electron chi connectivity index (χ0n) is 10.6. The Hall–Kier alpha value is -1.49. The molecule has 0 heterocycles. The van der Waals surface area contributed by atoms with Crippen LogP contribution in [0.4, 0.5) is 8.78 Å². The molecule has 0 fully saturated rings. The molecule has 1 unspecified atom stereocenters. The van der Waals surface area contributed by atoms with Crippen molar-refractivity contribution in [2.24, 2.45) is 0 Å². The molecule has 0 amide bonds. The summed E-state index contributed by atoms with van der Waals surface area (Å²) in [6.07, 6.45) is -0.785. The maximum absolute atomic E-state index is 13.4. The predicted octanol–water partition coefficient (Wildman–Crippen LogP) is 3.44. The summed E-state index contributed by atoms with van der Waals surface area (Å²) >= 11 is 5.97. The molecule has 106 valence electrons. The molecule has 5 heteroatoms. The molecule has 0 aliphatic carbocycles. The fourth-order valence-corrected chi connectivity index (χ4v) is 2.13. The van der Waals surface area contributed by atoms with E-state index >= 15 is 0 Å². The molecule has 0 bridgehead atoms. The van der Waals surface area contributed by atoms with E-state index < -0.39 is 17.7 Å². The van der Waals surface area contributed by atoms with Gasteiger partial charge in [-0.15, -0.1) is 0 Å². The minimum Gasteiger partial charge on any atom is -0.387 e. The second-order valence-electron chi connectivity index (χ2n) is 4.40. The van der Waals surface area contributed by atoms with Crippen LogP contribution in [0.3, 0.4) is 0 Å². The minimum atomic E-state index is -0.785. The summed E-state index contributed by atoms with van der Waals surface area (Å²) in [7, 11) is 0. The maximum atomic E-state index is 13.4. The highest BCUT2D eigenvalue weighted by Crippen LogP contribution is 2.22. The van der Waals surface area contributed by atoms with Crippen molar-refractivity contribution in [3.63, 3.8) is 0 Å². The zero-order chi connectivity index (χ0) is 14.5. The first kappa shape index (κ1) is 14.9. The molecule has 0 spiro atoms. The molecule has 0 saturated heterocycles. The maximum Gasteiger partial charge on any atom is 0.130 e. The molecule has 0 saturated carbocycles. The number of aliphatic hydroxyl groups is 1. The first-order valence-electron chi connectivity index (χ1n) is 6.15. The van der Waals surface area contributed by atoms with Gasteiger partial charge in [0.05, 0.1) is 6.10 Å². The lowest BCUT2D eigenvalue weighted by molar-refractivity contribution is 0.174. The normalized spacial score (nSPS) is 12.4. The van der Waals surface area contributed by atoms with Gasteiger partial charge in [0.1, 0.15) is 11.6 Å². The van der Waals surface area contributed by atoms with E-state index in [4.69, 9.17) is 11.6 Å². The van der Waals surface area contributed by atoms with Crippen LogP contribution in [0, 0.1) is 11.6 Å². The van der Waals surface area contributed by atoms with Gasteiger partial charge in [0, 0.05) is 35.3 Å². The van der Waals surface area contributed by atoms with E-state index in [0.717, 1.165) is 6.07 Å². The fraction of sp³-hybridized carbons (Fsp3) is 0.200. The van der Waals surface area contributed by atoms with E-state index in [-0.39, 0.29) is 13.1 Å². The van der Waals surface area contributed by atoms with E-state index in [1.807, 2.05) is 0 Å². The summed E-state index contributed by atoms with van der Waals surface area (Å²) in [4.78, 5) is 0. The van der Waals surface area contributed by atoms with E-state index in [9.17, 15) is 13.9 Å². The number of halogens is 3. The highest BCUT2D eigenvalue weighted by Gasteiger charge is 2.11. The number of hydrogen-bond acceptors (Lipinski definition) is 2. The molecule has 2 N–H and O–H groups in total. The Balaban J connectivity index is 1.91. The summed E-state index contributed by atoms with van der Waals surface area (Å²) in [5, 5.41) is 13.4. The smallest absolute Gasteiger partial charge is 0.130 e. The molecule has 2 rings (SSSR count). The summed E-state index contributed by atoms with van der Waals surface area (Å²) in [6.45, 7) is 0.425. The summed E-state index contributed by atoms with van der Waals surface area (Å²) in [6, 6.07) is 10.4. The van der Waals surface area contributed by atoms with Gasteiger partial charge in [-0.2, -0.15) is 0 Å². The molecule has 2 nitrogen and oxygen atoms in total. The van der Waals surface area contributed by atoms with Gasteiger partial charge in [0.15, 0.2) is 0 Å². The molecule has 20 heavy (non-hydrogen) atoms. The van der Waals surface area contributed by atoms with Crippen LogP contribution in [0.1, 0.15) is 17.2 Å². The summed E-state index contributed by atoms with van der Waals surface area (Å²) in [5.74, 6) is -1.22. The van der Waals surface area contributed by atoms with E-state index in [2.05, 4.69) is 5.32 Å². The Kier molecular flexibility index (Phi) is 5.06. The Morgan fingerprint density at radius 2 is 1.90 bits per heavy atom. The van der Waals surface area contributed by atoms with Crippen molar-refractivity contribution >= 4 is 11.6 Å². The van der Waals surface area contributed by atoms with Crippen molar-refractivity contribution in [1.82, 2.24) is 5.32 Å². The van der Waals surface area contributed by atoms with E-state index in [1.165, 1.54) is 12.1 Å². The number of hydrogen-bond donors (Lipinski definition) is 2. The lowest BCUT2D eigenvalue weighted by atomic mass is 10.1. The molecular formula is C15H14ClF2NO. The van der Waals surface area contributed by atoms with Crippen molar-refractivity contribution in [1.29, 1.82) is 0 Å². The molecule has 0 aromatic heterocycles. The van der Waals surface area contributed by atoms with Crippen LogP contribution < -0.4 is 5.32 Å². The number of nitrogens with one attached hydrogen (secondary N) is 1. The van der Waals surface area contributed by atoms with Gasteiger partial charge in [-0.05, 0) is 12.1 Å². The van der Waals surface area contributed by atoms with Crippen molar-refractivity contribution in [2.45, 2.75) is 12.6 Å². The van der Waals surface area contributed by atoms with Crippen LogP contribution in [0.5, 0.6) is 0 Å². The van der Waals surface area contributed by atoms with Gasteiger partial charge in [0.25, 0.3) is 0 Å². The second-order valence-corrected chi connectivity index (χ2v) is 4.81. The van der Waals surface area contributed by atoms with E-state index in [0.29, 0.717) is 16.1 Å². The first-order chi connectivity index (χ1) is 9.58. The molecule has 1 atom stereocenters. The molecule has 0 radical (unpaired) electrons. The fourth-order valence-electron chi connectivity index (χ4n) is 1.86. The first-order valence-corrected chi connectivity index (χ1v) is 6.53. The number of aliphatic hydroxyl groups excluding tert-OH is 1. The van der Waals surface area contributed by atoms with Gasteiger partial charge in [-0.1, -0.05) is 35.9 Å². The third-order valence-electron chi connectivity index (χ3n) is 2.93. The van der Waals surface area contributed by atoms with Crippen LogP contribution in [0.15, 0.2) is 42.5 Å². The third-order valence-corrected chi connectivity index (χ3v) is 3.28. The largest absolute Gasteiger partial charge is 0.387 e. The molecule has 2 aromatic rings. The highest BCUT2D eigenvalue weighted by atomic mass is 35.5. The molecule has 0 aliphatic heterocycles. The van der Waals surface area contributed by atoms with Crippen LogP contribution >= 0.6 is 11.6 Å². The van der Waals surface area contributed by atoms with Crippen LogP contribution in [-0.2, 0) is 6.54 Å². The van der Waals surface area contributed by atoms with Gasteiger partial charge < -0.3 is 10.4 Å². The van der Waals surface area contributed by atoms with Crippen molar-refractivity contribution in [3.05, 3.63) is 70.2 Å². The highest BCUT2D eigenvalue weighted by molar-refractivity contribution is 6.31. The van der Waals surface area contributed by atoms with Gasteiger partial charge in [0.2, 0.25) is 0 Å². The Bertz CT molecular complexity index is 592. The Labute approximate surface area is 121 Å². The Morgan fingerprint density at radius 3 is 2.60 bits per heavy atom. The monoisotopic (exact) mass is 297 g/mol. The molecular weight excluding hydrogens is 284 g/mol. The third kappa shape index (κ3) is 3.76. The standard InChI is InChI=1S/C15H14ClF2NO/c16-13-4-2-1-3-12(13)15(20)9-19-8-10-5-6-11(17)7-14(10)18/h1-7,15,19-20H,8-9H2. The number of rotatable bonds is 5. The average Bonchev–Trinajstić information content (AvgIpc) is 2.41. The van der Waals surface area contributed by atoms with E-state index in [1.54, 1.807) is 24.3 Å². The van der Waals surface area contributed by atoms with Crippen molar-refractivity contribution in [3.8, 4) is 0 Å². The predicted molar refractivity (Wildman–Crippen MR) is 74.5 cm³/mol. The summed E-state index contributed by atoms with van der Waals surface area (Å²) in [5.41, 5.74) is 0.957. The minimum absolute atomic E-state index is 0.202. The number of benzene rings is 2. The average molecular weight is 298 g/mol. The van der Waals surface area contributed by atoms with Gasteiger partial charge >= 0.3 is 0 Å². The van der Waals surface area contributed by atoms with Crippen LogP contribution in [0.2, 0.25) is 5.02 Å². The molecule has 0 aliphatic rings. The SMILES string of the molecule is OC(CNCc1ccc(F)cc1F)c1ccccc1Cl. The van der Waals surface area contributed by atoms with Gasteiger partial charge in [-0.25, -0.2) is 8.78 Å².